The van der Waals surface area contributed by atoms with Gasteiger partial charge in [0.1, 0.15) is 3.92 Å². The second kappa shape index (κ2) is 3.27. The van der Waals surface area contributed by atoms with Crippen molar-refractivity contribution in [3.63, 3.8) is 0 Å². The highest BCUT2D eigenvalue weighted by Crippen LogP contribution is 2.23. The Morgan fingerprint density at radius 1 is 0.929 bits per heavy atom. The highest BCUT2D eigenvalue weighted by molar-refractivity contribution is 14.1. The van der Waals surface area contributed by atoms with E-state index in [0.717, 1.165) is 0 Å². The van der Waals surface area contributed by atoms with Crippen LogP contribution in [0.15, 0.2) is 24.3 Å². The molecule has 1 aromatic carbocycles. The lowest BCUT2D eigenvalue weighted by Crippen LogP contribution is -2.37. The average molecular weight is 300 g/mol. The monoisotopic (exact) mass is 300 g/mol. The molecule has 3 nitrogen and oxygen atoms in total. The largest absolute Gasteiger partial charge is 0.292 e. The fraction of sp³-hybridized carbons (Fsp3) is 0.100. The predicted octanol–water partition coefficient (Wildman–Crippen LogP) is 1.44. The van der Waals surface area contributed by atoms with E-state index in [1.54, 1.807) is 40.8 Å². The number of hydrogen-bond donors (Lipinski definition) is 0. The Morgan fingerprint density at radius 3 is 2.14 bits per heavy atom. The summed E-state index contributed by atoms with van der Waals surface area (Å²) < 4.78 is -0.852. The van der Waals surface area contributed by atoms with E-state index >= 15 is 0 Å². The van der Waals surface area contributed by atoms with Crippen LogP contribution in [0.1, 0.15) is 20.7 Å². The maximum Gasteiger partial charge on any atom is 0.230 e. The molecule has 0 amide bonds. The maximum absolute atomic E-state index is 11.6. The zero-order chi connectivity index (χ0) is 10.3. The molecule has 0 fully saturated rings. The molecule has 0 aliphatic heterocycles. The number of carbonyl (C=O) groups excluding carboxylic acids is 3. The number of rotatable bonds is 0. The highest BCUT2D eigenvalue weighted by atomic mass is 127. The van der Waals surface area contributed by atoms with Crippen LogP contribution in [0.4, 0.5) is 0 Å². The molecule has 0 bridgehead atoms. The van der Waals surface area contributed by atoms with Gasteiger partial charge < -0.3 is 0 Å². The Bertz CT molecular complexity index is 450. The van der Waals surface area contributed by atoms with Crippen molar-refractivity contribution in [2.75, 3.05) is 0 Å². The summed E-state index contributed by atoms with van der Waals surface area (Å²) >= 11 is 1.70. The van der Waals surface area contributed by atoms with Crippen molar-refractivity contribution in [1.82, 2.24) is 0 Å². The molecule has 0 heterocycles. The summed E-state index contributed by atoms with van der Waals surface area (Å²) in [4.78, 5) is 34.4. The summed E-state index contributed by atoms with van der Waals surface area (Å²) in [5.74, 6) is -1.44. The van der Waals surface area contributed by atoms with Gasteiger partial charge in [0.25, 0.3) is 0 Å². The minimum Gasteiger partial charge on any atom is -0.292 e. The number of carbonyl (C=O) groups is 3. The summed E-state index contributed by atoms with van der Waals surface area (Å²) in [7, 11) is 0. The number of alkyl halides is 1. The van der Waals surface area contributed by atoms with Crippen LogP contribution in [0.5, 0.6) is 0 Å². The van der Waals surface area contributed by atoms with Crippen LogP contribution in [-0.4, -0.2) is 21.3 Å². The summed E-state index contributed by atoms with van der Waals surface area (Å²) in [6, 6.07) is 6.41. The maximum atomic E-state index is 11.6. The molecule has 0 saturated heterocycles. The van der Waals surface area contributed by atoms with E-state index in [-0.39, 0.29) is 11.3 Å². The predicted molar refractivity (Wildman–Crippen MR) is 57.9 cm³/mol. The van der Waals surface area contributed by atoms with Gasteiger partial charge in [0.05, 0.1) is 0 Å². The second-order valence-electron chi connectivity index (χ2n) is 2.97. The van der Waals surface area contributed by atoms with Gasteiger partial charge in [0.2, 0.25) is 11.6 Å². The molecule has 1 aromatic rings. The van der Waals surface area contributed by atoms with Crippen LogP contribution in [0.3, 0.4) is 0 Å². The van der Waals surface area contributed by atoms with E-state index in [1.807, 2.05) is 0 Å². The lowest BCUT2D eigenvalue weighted by Gasteiger charge is -2.16. The van der Waals surface area contributed by atoms with E-state index in [1.165, 1.54) is 6.07 Å². The molecule has 4 heteroatoms. The van der Waals surface area contributed by atoms with E-state index < -0.39 is 15.5 Å². The molecular formula is C10H5IO3. The lowest BCUT2D eigenvalue weighted by molar-refractivity contribution is -0.113. The fourth-order valence-corrected chi connectivity index (χ4v) is 2.02. The molecule has 2 rings (SSSR count). The van der Waals surface area contributed by atoms with Crippen LogP contribution >= 0.6 is 22.6 Å². The molecule has 0 spiro atoms. The van der Waals surface area contributed by atoms with E-state index in [4.69, 9.17) is 0 Å². The Labute approximate surface area is 93.6 Å². The van der Waals surface area contributed by atoms with Crippen molar-refractivity contribution < 1.29 is 14.4 Å². The fourth-order valence-electron chi connectivity index (χ4n) is 1.40. The normalized spacial score (nSPS) is 20.9. The molecule has 1 unspecified atom stereocenters. The molecule has 0 saturated carbocycles. The topological polar surface area (TPSA) is 51.2 Å². The number of Topliss-reactive ketones (excluding diaryl/α,β-unsaturated/α-hetero) is 3. The van der Waals surface area contributed by atoms with Crippen molar-refractivity contribution in [3.8, 4) is 0 Å². The number of ketones is 3. The molecule has 1 aliphatic carbocycles. The SMILES string of the molecule is O=C1C(=O)C(I)C(=O)c2ccccc21. The van der Waals surface area contributed by atoms with Gasteiger partial charge in [0.15, 0.2) is 5.78 Å². The van der Waals surface area contributed by atoms with Crippen molar-refractivity contribution in [3.05, 3.63) is 35.4 Å². The molecule has 0 radical (unpaired) electrons. The quantitative estimate of drug-likeness (QED) is 0.315. The molecule has 14 heavy (non-hydrogen) atoms. The van der Waals surface area contributed by atoms with Gasteiger partial charge in [-0.2, -0.15) is 0 Å². The summed E-state index contributed by atoms with van der Waals surface area (Å²) in [5, 5.41) is 0. The number of fused-ring (bicyclic) bond motifs is 1. The molecule has 70 valence electrons. The van der Waals surface area contributed by atoms with Crippen molar-refractivity contribution >= 4 is 39.9 Å². The van der Waals surface area contributed by atoms with Crippen LogP contribution in [-0.2, 0) is 4.79 Å². The van der Waals surface area contributed by atoms with Crippen LogP contribution in [0.25, 0.3) is 0 Å². The van der Waals surface area contributed by atoms with Crippen molar-refractivity contribution in [2.24, 2.45) is 0 Å². The Kier molecular flexibility index (Phi) is 2.22. The van der Waals surface area contributed by atoms with Crippen LogP contribution in [0, 0.1) is 0 Å². The third kappa shape index (κ3) is 1.21. The Hall–Kier alpha value is -1.04. The van der Waals surface area contributed by atoms with Gasteiger partial charge in [-0.05, 0) is 0 Å². The second-order valence-corrected chi connectivity index (χ2v) is 4.21. The van der Waals surface area contributed by atoms with E-state index in [2.05, 4.69) is 0 Å². The van der Waals surface area contributed by atoms with E-state index in [0.29, 0.717) is 5.56 Å². The van der Waals surface area contributed by atoms with Crippen molar-refractivity contribution in [2.45, 2.75) is 3.92 Å². The first kappa shape index (κ1) is 9.51. The zero-order valence-corrected chi connectivity index (χ0v) is 9.15. The lowest BCUT2D eigenvalue weighted by atomic mass is 9.89. The van der Waals surface area contributed by atoms with Gasteiger partial charge in [0, 0.05) is 11.1 Å². The molecule has 1 atom stereocenters. The van der Waals surface area contributed by atoms with Gasteiger partial charge in [-0.25, -0.2) is 0 Å². The van der Waals surface area contributed by atoms with Gasteiger partial charge >= 0.3 is 0 Å². The Morgan fingerprint density at radius 2 is 1.50 bits per heavy atom. The van der Waals surface area contributed by atoms with Gasteiger partial charge in [-0.3, -0.25) is 14.4 Å². The number of hydrogen-bond acceptors (Lipinski definition) is 3. The summed E-state index contributed by atoms with van der Waals surface area (Å²) in [6.07, 6.45) is 0. The summed E-state index contributed by atoms with van der Waals surface area (Å²) in [5.41, 5.74) is 0.590. The number of halogens is 1. The van der Waals surface area contributed by atoms with Gasteiger partial charge in [-0.15, -0.1) is 0 Å². The third-order valence-electron chi connectivity index (χ3n) is 2.12. The minimum absolute atomic E-state index is 0.232. The third-order valence-corrected chi connectivity index (χ3v) is 3.25. The molecule has 0 aromatic heterocycles. The van der Waals surface area contributed by atoms with E-state index in [9.17, 15) is 14.4 Å². The first-order valence-corrected chi connectivity index (χ1v) is 5.23. The molecule has 0 N–H and O–H groups in total. The highest BCUT2D eigenvalue weighted by Gasteiger charge is 2.38. The minimum atomic E-state index is -0.852. The standard InChI is InChI=1S/C10H5IO3/c11-7-8(12)5-3-1-2-4-6(5)9(13)10(7)14/h1-4,7H. The van der Waals surface area contributed by atoms with Crippen molar-refractivity contribution in [1.29, 1.82) is 0 Å². The summed E-state index contributed by atoms with van der Waals surface area (Å²) in [6.45, 7) is 0. The average Bonchev–Trinajstić information content (AvgIpc) is 2.23. The first-order valence-electron chi connectivity index (χ1n) is 3.99. The Balaban J connectivity index is 2.68. The smallest absolute Gasteiger partial charge is 0.230 e. The van der Waals surface area contributed by atoms with Gasteiger partial charge in [-0.1, -0.05) is 46.9 Å². The number of benzene rings is 1. The zero-order valence-electron chi connectivity index (χ0n) is 6.99. The van der Waals surface area contributed by atoms with Crippen LogP contribution < -0.4 is 0 Å². The van der Waals surface area contributed by atoms with Crippen LogP contribution in [0.2, 0.25) is 0 Å². The first-order chi connectivity index (χ1) is 6.63. The molecule has 1 aliphatic rings. The molecular weight excluding hydrogens is 295 g/mol.